The molecule has 4 nitrogen and oxygen atoms in total. The molecule has 0 aromatic heterocycles. The number of alkyl halides is 3. The Kier molecular flexibility index (Phi) is 5.77. The second-order valence-electron chi connectivity index (χ2n) is 9.74. The first-order valence-corrected chi connectivity index (χ1v) is 14.3. The fourth-order valence-electron chi connectivity index (χ4n) is 3.61. The van der Waals surface area contributed by atoms with Crippen molar-refractivity contribution in [3.63, 3.8) is 0 Å². The van der Waals surface area contributed by atoms with E-state index < -0.39 is 30.1 Å². The fraction of sp³-hybridized carbons (Fsp3) is 0.700. The molecule has 1 aromatic carbocycles. The first kappa shape index (κ1) is 22.8. The molecule has 1 heterocycles. The fourth-order valence-corrected chi connectivity index (χ4v) is 6.70. The van der Waals surface area contributed by atoms with Gasteiger partial charge in [-0.05, 0) is 67.6 Å². The van der Waals surface area contributed by atoms with Crippen LogP contribution in [0.1, 0.15) is 45.6 Å². The molecule has 0 bridgehead atoms. The Balaban J connectivity index is 1.84. The van der Waals surface area contributed by atoms with Crippen LogP contribution >= 0.6 is 0 Å². The number of hydrogen-bond acceptors (Lipinski definition) is 3. The molecule has 0 N–H and O–H groups in total. The second kappa shape index (κ2) is 7.35. The summed E-state index contributed by atoms with van der Waals surface area (Å²) in [6, 6.07) is 3.64. The molecule has 2 aliphatic rings. The lowest BCUT2D eigenvalue weighted by molar-refractivity contribution is -0.137. The number of halogens is 3. The SMILES string of the molecule is CC(C)(C)[Si](C)(C)O[C@@H]1C[C@@H](C2CC2)N(S(=O)(=O)c2ccc(C(F)(F)F)cc2)C1. The van der Waals surface area contributed by atoms with Crippen LogP contribution < -0.4 is 0 Å². The molecule has 1 aromatic rings. The topological polar surface area (TPSA) is 46.6 Å². The Labute approximate surface area is 172 Å². The van der Waals surface area contributed by atoms with E-state index in [0.29, 0.717) is 12.3 Å². The maximum Gasteiger partial charge on any atom is 0.416 e. The quantitative estimate of drug-likeness (QED) is 0.576. The standard InChI is InChI=1S/C20H30F3NO3SSi/c1-19(2,3)29(4,5)27-16-12-18(14-6-7-14)24(13-16)28(25,26)17-10-8-15(9-11-17)20(21,22)23/h8-11,14,16,18H,6-7,12-13H2,1-5H3/t16-,18+/m1/s1. The zero-order valence-corrected chi connectivity index (χ0v) is 19.4. The molecule has 1 saturated heterocycles. The minimum atomic E-state index is -4.49. The van der Waals surface area contributed by atoms with Gasteiger partial charge in [-0.2, -0.15) is 17.5 Å². The third-order valence-electron chi connectivity index (χ3n) is 6.48. The molecule has 9 heteroatoms. The van der Waals surface area contributed by atoms with Gasteiger partial charge in [0.2, 0.25) is 10.0 Å². The van der Waals surface area contributed by atoms with Crippen LogP contribution in [0, 0.1) is 5.92 Å². The molecule has 0 radical (unpaired) electrons. The molecule has 164 valence electrons. The van der Waals surface area contributed by atoms with Gasteiger partial charge in [0, 0.05) is 12.6 Å². The summed E-state index contributed by atoms with van der Waals surface area (Å²) in [5.74, 6) is 0.312. The maximum atomic E-state index is 13.2. The molecule has 0 spiro atoms. The zero-order valence-electron chi connectivity index (χ0n) is 17.6. The van der Waals surface area contributed by atoms with E-state index in [1.165, 1.54) is 4.31 Å². The largest absolute Gasteiger partial charge is 0.416 e. The molecule has 2 atom stereocenters. The van der Waals surface area contributed by atoms with Crippen molar-refractivity contribution in [3.8, 4) is 0 Å². The summed E-state index contributed by atoms with van der Waals surface area (Å²) in [6.07, 6.45) is -2.05. The zero-order chi connectivity index (χ0) is 21.8. The van der Waals surface area contributed by atoms with E-state index in [9.17, 15) is 21.6 Å². The number of rotatable bonds is 5. The number of hydrogen-bond donors (Lipinski definition) is 0. The summed E-state index contributed by atoms with van der Waals surface area (Å²) in [5, 5.41) is 0.0157. The van der Waals surface area contributed by atoms with Crippen LogP contribution in [-0.2, 0) is 20.6 Å². The van der Waals surface area contributed by atoms with E-state index in [1.54, 1.807) is 0 Å². The summed E-state index contributed by atoms with van der Waals surface area (Å²) >= 11 is 0. The molecular weight excluding hydrogens is 419 g/mol. The molecule has 1 aliphatic heterocycles. The van der Waals surface area contributed by atoms with Crippen molar-refractivity contribution in [1.29, 1.82) is 0 Å². The van der Waals surface area contributed by atoms with Crippen LogP contribution in [0.5, 0.6) is 0 Å². The van der Waals surface area contributed by atoms with Gasteiger partial charge in [0.05, 0.1) is 16.6 Å². The van der Waals surface area contributed by atoms with Gasteiger partial charge in [-0.15, -0.1) is 0 Å². The lowest BCUT2D eigenvalue weighted by Crippen LogP contribution is -2.44. The lowest BCUT2D eigenvalue weighted by atomic mass is 10.1. The summed E-state index contributed by atoms with van der Waals surface area (Å²) in [7, 11) is -5.93. The molecule has 29 heavy (non-hydrogen) atoms. The second-order valence-corrected chi connectivity index (χ2v) is 16.4. The van der Waals surface area contributed by atoms with Gasteiger partial charge in [-0.25, -0.2) is 8.42 Å². The van der Waals surface area contributed by atoms with Gasteiger partial charge in [-0.3, -0.25) is 0 Å². The average molecular weight is 450 g/mol. The molecule has 0 amide bonds. The van der Waals surface area contributed by atoms with Crippen molar-refractivity contribution < 1.29 is 26.0 Å². The highest BCUT2D eigenvalue weighted by Gasteiger charge is 2.50. The molecule has 1 aliphatic carbocycles. The first-order valence-electron chi connectivity index (χ1n) is 10.00. The summed E-state index contributed by atoms with van der Waals surface area (Å²) < 4.78 is 72.9. The third kappa shape index (κ3) is 4.73. The first-order chi connectivity index (χ1) is 13.1. The van der Waals surface area contributed by atoms with E-state index >= 15 is 0 Å². The highest BCUT2D eigenvalue weighted by molar-refractivity contribution is 7.89. The lowest BCUT2D eigenvalue weighted by Gasteiger charge is -2.38. The highest BCUT2D eigenvalue weighted by Crippen LogP contribution is 2.45. The number of sulfonamides is 1. The van der Waals surface area contributed by atoms with Gasteiger partial charge in [0.25, 0.3) is 0 Å². The minimum absolute atomic E-state index is 0.0157. The Morgan fingerprint density at radius 2 is 1.62 bits per heavy atom. The monoisotopic (exact) mass is 449 g/mol. The Hall–Kier alpha value is -0.903. The van der Waals surface area contributed by atoms with Crippen LogP contribution in [-0.4, -0.2) is 39.7 Å². The smallest absolute Gasteiger partial charge is 0.413 e. The van der Waals surface area contributed by atoms with Gasteiger partial charge >= 0.3 is 6.18 Å². The van der Waals surface area contributed by atoms with Crippen molar-refractivity contribution in [1.82, 2.24) is 4.31 Å². The maximum absolute atomic E-state index is 13.2. The third-order valence-corrected chi connectivity index (χ3v) is 12.9. The van der Waals surface area contributed by atoms with E-state index in [2.05, 4.69) is 33.9 Å². The van der Waals surface area contributed by atoms with E-state index in [-0.39, 0.29) is 28.6 Å². The Morgan fingerprint density at radius 1 is 1.07 bits per heavy atom. The number of benzene rings is 1. The van der Waals surface area contributed by atoms with Gasteiger partial charge < -0.3 is 4.43 Å². The van der Waals surface area contributed by atoms with E-state index in [1.807, 2.05) is 0 Å². The van der Waals surface area contributed by atoms with Crippen molar-refractivity contribution in [2.45, 2.75) is 81.4 Å². The van der Waals surface area contributed by atoms with Gasteiger partial charge in [0.15, 0.2) is 8.32 Å². The molecular formula is C20H30F3NO3SSi. The molecule has 1 saturated carbocycles. The highest BCUT2D eigenvalue weighted by atomic mass is 32.2. The minimum Gasteiger partial charge on any atom is -0.413 e. The molecule has 0 unspecified atom stereocenters. The van der Waals surface area contributed by atoms with Crippen LogP contribution in [0.4, 0.5) is 13.2 Å². The Bertz CT molecular complexity index is 843. The normalized spacial score (nSPS) is 24.8. The van der Waals surface area contributed by atoms with Gasteiger partial charge in [0.1, 0.15) is 0 Å². The van der Waals surface area contributed by atoms with Crippen LogP contribution in [0.15, 0.2) is 29.2 Å². The van der Waals surface area contributed by atoms with E-state index in [0.717, 1.165) is 37.1 Å². The van der Waals surface area contributed by atoms with Crippen molar-refractivity contribution >= 4 is 18.3 Å². The summed E-state index contributed by atoms with van der Waals surface area (Å²) in [4.78, 5) is -0.0934. The predicted octanol–water partition coefficient (Wildman–Crippen LogP) is 5.27. The van der Waals surface area contributed by atoms with Gasteiger partial charge in [-0.1, -0.05) is 20.8 Å². The van der Waals surface area contributed by atoms with Crippen LogP contribution in [0.3, 0.4) is 0 Å². The predicted molar refractivity (Wildman–Crippen MR) is 109 cm³/mol. The van der Waals surface area contributed by atoms with Crippen LogP contribution in [0.25, 0.3) is 0 Å². The molecule has 3 rings (SSSR count). The van der Waals surface area contributed by atoms with Crippen molar-refractivity contribution in [2.24, 2.45) is 5.92 Å². The average Bonchev–Trinajstić information content (AvgIpc) is 3.33. The summed E-state index contributed by atoms with van der Waals surface area (Å²) in [5.41, 5.74) is -0.851. The van der Waals surface area contributed by atoms with Crippen molar-refractivity contribution in [3.05, 3.63) is 29.8 Å². The van der Waals surface area contributed by atoms with E-state index in [4.69, 9.17) is 4.43 Å². The summed E-state index contributed by atoms with van der Waals surface area (Å²) in [6.45, 7) is 11.0. The Morgan fingerprint density at radius 3 is 2.07 bits per heavy atom. The molecule has 2 fully saturated rings. The van der Waals surface area contributed by atoms with Crippen molar-refractivity contribution in [2.75, 3.05) is 6.54 Å². The van der Waals surface area contributed by atoms with Crippen LogP contribution in [0.2, 0.25) is 18.1 Å². The number of nitrogens with zero attached hydrogens (tertiary/aromatic N) is 1.